The van der Waals surface area contributed by atoms with Crippen LogP contribution in [-0.2, 0) is 10.0 Å². The van der Waals surface area contributed by atoms with Crippen molar-refractivity contribution in [2.24, 2.45) is 0 Å². The molecule has 0 amide bonds. The molecule has 0 N–H and O–H groups in total. The number of rotatable bonds is 4. The third kappa shape index (κ3) is 2.52. The lowest BCUT2D eigenvalue weighted by atomic mass is 10.1. The molecule has 3 aromatic rings. The van der Waals surface area contributed by atoms with Gasteiger partial charge in [0.25, 0.3) is 10.0 Å². The second kappa shape index (κ2) is 6.01. The molecule has 5 nitrogen and oxygen atoms in total. The summed E-state index contributed by atoms with van der Waals surface area (Å²) in [7, 11) is -3.98. The van der Waals surface area contributed by atoms with Gasteiger partial charge in [0.2, 0.25) is 5.95 Å². The van der Waals surface area contributed by atoms with Crippen LogP contribution in [0.5, 0.6) is 0 Å². The van der Waals surface area contributed by atoms with Crippen molar-refractivity contribution in [3.63, 3.8) is 0 Å². The van der Waals surface area contributed by atoms with Crippen molar-refractivity contribution in [1.29, 1.82) is 0 Å². The maximum absolute atomic E-state index is 14.1. The smallest absolute Gasteiger partial charge is 0.268 e. The minimum Gasteiger partial charge on any atom is -0.298 e. The Kier molecular flexibility index (Phi) is 4.02. The van der Waals surface area contributed by atoms with Gasteiger partial charge in [-0.1, -0.05) is 18.2 Å². The van der Waals surface area contributed by atoms with Crippen LogP contribution in [0.1, 0.15) is 15.9 Å². The molecule has 0 spiro atoms. The van der Waals surface area contributed by atoms with Gasteiger partial charge in [0, 0.05) is 18.0 Å². The summed E-state index contributed by atoms with van der Waals surface area (Å²) >= 11 is 0. The molecule has 0 saturated heterocycles. The standard InChI is InChI=1S/C17H13FN2O3S/c1-12-13(11-21)10-20(16(12)15-8-5-9-19-17(15)18)24(22,23)14-6-3-2-4-7-14/h2-11H,1H3. The highest BCUT2D eigenvalue weighted by Gasteiger charge is 2.26. The molecule has 0 fully saturated rings. The summed E-state index contributed by atoms with van der Waals surface area (Å²) in [6.07, 6.45) is 3.02. The van der Waals surface area contributed by atoms with Gasteiger partial charge in [-0.25, -0.2) is 17.4 Å². The number of benzene rings is 1. The molecular formula is C17H13FN2O3S. The van der Waals surface area contributed by atoms with Crippen molar-refractivity contribution in [2.45, 2.75) is 11.8 Å². The van der Waals surface area contributed by atoms with Crippen LogP contribution < -0.4 is 0 Å². The predicted molar refractivity (Wildman–Crippen MR) is 86.8 cm³/mol. The second-order valence-corrected chi connectivity index (χ2v) is 6.95. The molecule has 24 heavy (non-hydrogen) atoms. The lowest BCUT2D eigenvalue weighted by molar-refractivity contribution is 0.112. The zero-order valence-corrected chi connectivity index (χ0v) is 13.5. The number of carbonyl (C=O) groups is 1. The van der Waals surface area contributed by atoms with E-state index < -0.39 is 16.0 Å². The van der Waals surface area contributed by atoms with E-state index in [4.69, 9.17) is 0 Å². The minimum atomic E-state index is -3.98. The highest BCUT2D eigenvalue weighted by Crippen LogP contribution is 2.31. The van der Waals surface area contributed by atoms with Crippen LogP contribution in [0.15, 0.2) is 59.8 Å². The number of nitrogens with zero attached hydrogens (tertiary/aromatic N) is 2. The Labute approximate surface area is 138 Å². The Morgan fingerprint density at radius 1 is 1.12 bits per heavy atom. The first-order chi connectivity index (χ1) is 11.5. The van der Waals surface area contributed by atoms with E-state index in [1.807, 2.05) is 0 Å². The van der Waals surface area contributed by atoms with E-state index in [0.717, 1.165) is 3.97 Å². The average Bonchev–Trinajstić information content (AvgIpc) is 2.93. The summed E-state index contributed by atoms with van der Waals surface area (Å²) in [6, 6.07) is 10.7. The molecular weight excluding hydrogens is 331 g/mol. The van der Waals surface area contributed by atoms with Gasteiger partial charge in [0.15, 0.2) is 6.29 Å². The van der Waals surface area contributed by atoms with E-state index in [9.17, 15) is 17.6 Å². The summed E-state index contributed by atoms with van der Waals surface area (Å²) in [5.41, 5.74) is 0.651. The molecule has 2 aromatic heterocycles. The molecule has 0 aliphatic rings. The molecule has 0 atom stereocenters. The summed E-state index contributed by atoms with van der Waals surface area (Å²) in [6.45, 7) is 1.57. The van der Waals surface area contributed by atoms with Crippen molar-refractivity contribution in [2.75, 3.05) is 0 Å². The third-order valence-corrected chi connectivity index (χ3v) is 5.38. The quantitative estimate of drug-likeness (QED) is 0.539. The fourth-order valence-corrected chi connectivity index (χ4v) is 3.94. The van der Waals surface area contributed by atoms with E-state index in [1.54, 1.807) is 25.1 Å². The van der Waals surface area contributed by atoms with Crippen LogP contribution in [0.2, 0.25) is 0 Å². The Morgan fingerprint density at radius 2 is 1.83 bits per heavy atom. The molecule has 0 bridgehead atoms. The molecule has 1 aromatic carbocycles. The van der Waals surface area contributed by atoms with Gasteiger partial charge in [-0.15, -0.1) is 0 Å². The summed E-state index contributed by atoms with van der Waals surface area (Å²) in [5, 5.41) is 0. The molecule has 0 aliphatic heterocycles. The van der Waals surface area contributed by atoms with Gasteiger partial charge < -0.3 is 0 Å². The monoisotopic (exact) mass is 344 g/mol. The number of hydrogen-bond donors (Lipinski definition) is 0. The molecule has 7 heteroatoms. The van der Waals surface area contributed by atoms with Gasteiger partial charge in [0.1, 0.15) is 0 Å². The number of hydrogen-bond acceptors (Lipinski definition) is 4. The SMILES string of the molecule is Cc1c(C=O)cn(S(=O)(=O)c2ccccc2)c1-c1cccnc1F. The van der Waals surface area contributed by atoms with Crippen LogP contribution in [-0.4, -0.2) is 23.7 Å². The first-order valence-corrected chi connectivity index (χ1v) is 8.49. The lowest BCUT2D eigenvalue weighted by Gasteiger charge is -2.12. The highest BCUT2D eigenvalue weighted by molar-refractivity contribution is 7.90. The Morgan fingerprint density at radius 3 is 2.46 bits per heavy atom. The highest BCUT2D eigenvalue weighted by atomic mass is 32.2. The Bertz CT molecular complexity index is 1010. The fourth-order valence-electron chi connectivity index (χ4n) is 2.49. The normalized spacial score (nSPS) is 11.4. The van der Waals surface area contributed by atoms with Crippen LogP contribution in [0, 0.1) is 12.9 Å². The number of carbonyl (C=O) groups excluding carboxylic acids is 1. The van der Waals surface area contributed by atoms with E-state index >= 15 is 0 Å². The van der Waals surface area contributed by atoms with Crippen molar-refractivity contribution in [3.8, 4) is 11.3 Å². The lowest BCUT2D eigenvalue weighted by Crippen LogP contribution is -2.14. The molecule has 0 aliphatic carbocycles. The Hall–Kier alpha value is -2.80. The maximum atomic E-state index is 14.1. The molecule has 2 heterocycles. The van der Waals surface area contributed by atoms with Crippen LogP contribution in [0.25, 0.3) is 11.3 Å². The van der Waals surface area contributed by atoms with Crippen molar-refractivity contribution in [1.82, 2.24) is 8.96 Å². The van der Waals surface area contributed by atoms with E-state index in [0.29, 0.717) is 11.8 Å². The van der Waals surface area contributed by atoms with Gasteiger partial charge in [0.05, 0.1) is 16.2 Å². The summed E-state index contributed by atoms with van der Waals surface area (Å²) in [5.74, 6) is -0.805. The molecule has 122 valence electrons. The minimum absolute atomic E-state index is 0.0163. The van der Waals surface area contributed by atoms with Gasteiger partial charge in [-0.3, -0.25) is 4.79 Å². The molecule has 0 saturated carbocycles. The molecule has 0 radical (unpaired) electrons. The number of aromatic nitrogens is 2. The fraction of sp³-hybridized carbons (Fsp3) is 0.0588. The first-order valence-electron chi connectivity index (χ1n) is 7.05. The summed E-state index contributed by atoms with van der Waals surface area (Å²) < 4.78 is 40.9. The van der Waals surface area contributed by atoms with Gasteiger partial charge >= 0.3 is 0 Å². The number of pyridine rings is 1. The largest absolute Gasteiger partial charge is 0.298 e. The maximum Gasteiger partial charge on any atom is 0.268 e. The zero-order chi connectivity index (χ0) is 17.3. The molecule has 0 unspecified atom stereocenters. The average molecular weight is 344 g/mol. The Balaban J connectivity index is 2.34. The molecule has 3 rings (SSSR count). The van der Waals surface area contributed by atoms with E-state index in [2.05, 4.69) is 4.98 Å². The number of halogens is 1. The second-order valence-electron chi connectivity index (χ2n) is 5.13. The van der Waals surface area contributed by atoms with Gasteiger partial charge in [-0.05, 0) is 36.8 Å². The van der Waals surface area contributed by atoms with Crippen LogP contribution in [0.4, 0.5) is 4.39 Å². The summed E-state index contributed by atoms with van der Waals surface area (Å²) in [4.78, 5) is 14.9. The van der Waals surface area contributed by atoms with E-state index in [1.165, 1.54) is 36.7 Å². The van der Waals surface area contributed by atoms with Crippen molar-refractivity contribution < 1.29 is 17.6 Å². The van der Waals surface area contributed by atoms with Crippen LogP contribution >= 0.6 is 0 Å². The van der Waals surface area contributed by atoms with Crippen molar-refractivity contribution >= 4 is 16.3 Å². The van der Waals surface area contributed by atoms with E-state index in [-0.39, 0.29) is 21.7 Å². The number of aldehydes is 1. The van der Waals surface area contributed by atoms with Gasteiger partial charge in [-0.2, -0.15) is 4.39 Å². The first kappa shape index (κ1) is 16.1. The zero-order valence-electron chi connectivity index (χ0n) is 12.7. The predicted octanol–water partition coefficient (Wildman–Crippen LogP) is 3.05. The van der Waals surface area contributed by atoms with Crippen molar-refractivity contribution in [3.05, 3.63) is 71.9 Å². The third-order valence-electron chi connectivity index (χ3n) is 3.71. The topological polar surface area (TPSA) is 69.0 Å². The van der Waals surface area contributed by atoms with Crippen LogP contribution in [0.3, 0.4) is 0 Å².